The highest BCUT2D eigenvalue weighted by atomic mass is 19.3. The van der Waals surface area contributed by atoms with Crippen molar-refractivity contribution >= 4 is 0 Å². The van der Waals surface area contributed by atoms with Crippen LogP contribution in [-0.2, 0) is 6.54 Å². The molecule has 0 aliphatic rings. The van der Waals surface area contributed by atoms with Gasteiger partial charge < -0.3 is 19.9 Å². The molecule has 6 heteroatoms. The van der Waals surface area contributed by atoms with E-state index < -0.39 is 6.61 Å². The van der Waals surface area contributed by atoms with Crippen LogP contribution in [0.2, 0.25) is 0 Å². The molecule has 0 aliphatic heterocycles. The minimum atomic E-state index is -2.94. The Labute approximate surface area is 91.9 Å². The van der Waals surface area contributed by atoms with Crippen molar-refractivity contribution in [2.75, 3.05) is 14.2 Å². The second-order valence-corrected chi connectivity index (χ2v) is 2.91. The Balaban J connectivity index is 3.20. The van der Waals surface area contributed by atoms with Crippen molar-refractivity contribution in [3.05, 3.63) is 17.7 Å². The molecule has 0 unspecified atom stereocenters. The molecule has 0 atom stereocenters. The van der Waals surface area contributed by atoms with Gasteiger partial charge in [-0.15, -0.1) is 0 Å². The molecule has 1 rings (SSSR count). The summed E-state index contributed by atoms with van der Waals surface area (Å²) < 4.78 is 38.6. The first kappa shape index (κ1) is 12.5. The number of rotatable bonds is 5. The van der Waals surface area contributed by atoms with Crippen molar-refractivity contribution in [2.45, 2.75) is 13.2 Å². The Bertz CT molecular complexity index is 333. The summed E-state index contributed by atoms with van der Waals surface area (Å²) in [4.78, 5) is 0. The quantitative estimate of drug-likeness (QED) is 0.842. The van der Waals surface area contributed by atoms with Crippen LogP contribution >= 0.6 is 0 Å². The van der Waals surface area contributed by atoms with Crippen molar-refractivity contribution < 1.29 is 23.0 Å². The van der Waals surface area contributed by atoms with Crippen LogP contribution in [0.3, 0.4) is 0 Å². The van der Waals surface area contributed by atoms with Crippen LogP contribution in [0.1, 0.15) is 5.56 Å². The van der Waals surface area contributed by atoms with Gasteiger partial charge in [0.1, 0.15) is 0 Å². The fourth-order valence-electron chi connectivity index (χ4n) is 1.26. The maximum atomic E-state index is 12.2. The first-order chi connectivity index (χ1) is 7.62. The lowest BCUT2D eigenvalue weighted by Gasteiger charge is -2.14. The summed E-state index contributed by atoms with van der Waals surface area (Å²) in [6.07, 6.45) is 0. The largest absolute Gasteiger partial charge is 0.493 e. The minimum absolute atomic E-state index is 0.128. The van der Waals surface area contributed by atoms with E-state index in [4.69, 9.17) is 15.2 Å². The molecule has 2 N–H and O–H groups in total. The number of hydrogen-bond acceptors (Lipinski definition) is 4. The molecule has 1 aromatic carbocycles. The van der Waals surface area contributed by atoms with Crippen molar-refractivity contribution in [1.29, 1.82) is 0 Å². The lowest BCUT2D eigenvalue weighted by Crippen LogP contribution is -2.06. The zero-order valence-corrected chi connectivity index (χ0v) is 9.00. The standard InChI is InChI=1S/C10H13F2NO3/c1-14-7-3-6(5-13)4-8(15-2)9(7)16-10(11)12/h3-4,10H,5,13H2,1-2H3. The predicted octanol–water partition coefficient (Wildman–Crippen LogP) is 1.76. The summed E-state index contributed by atoms with van der Waals surface area (Å²) in [5, 5.41) is 0. The molecule has 0 bridgehead atoms. The smallest absolute Gasteiger partial charge is 0.387 e. The first-order valence-electron chi connectivity index (χ1n) is 4.52. The molecule has 4 nitrogen and oxygen atoms in total. The van der Waals surface area contributed by atoms with Crippen LogP contribution < -0.4 is 19.9 Å². The molecule has 90 valence electrons. The zero-order chi connectivity index (χ0) is 12.1. The number of alkyl halides is 2. The summed E-state index contributed by atoms with van der Waals surface area (Å²) in [5.41, 5.74) is 6.15. The SMILES string of the molecule is COc1cc(CN)cc(OC)c1OC(F)F. The van der Waals surface area contributed by atoms with Gasteiger partial charge in [0.2, 0.25) is 5.75 Å². The molecule has 0 saturated carbocycles. The molecule has 0 heterocycles. The second-order valence-electron chi connectivity index (χ2n) is 2.91. The zero-order valence-electron chi connectivity index (χ0n) is 9.00. The Morgan fingerprint density at radius 1 is 1.19 bits per heavy atom. The molecular weight excluding hydrogens is 220 g/mol. The van der Waals surface area contributed by atoms with Crippen molar-refractivity contribution in [3.8, 4) is 17.2 Å². The Morgan fingerprint density at radius 3 is 2.00 bits per heavy atom. The molecule has 0 amide bonds. The molecular formula is C10H13F2NO3. The van der Waals surface area contributed by atoms with Crippen LogP contribution in [0.4, 0.5) is 8.78 Å². The van der Waals surface area contributed by atoms with E-state index in [-0.39, 0.29) is 23.8 Å². The highest BCUT2D eigenvalue weighted by Gasteiger charge is 2.17. The van der Waals surface area contributed by atoms with E-state index in [1.165, 1.54) is 26.4 Å². The van der Waals surface area contributed by atoms with E-state index in [1.807, 2.05) is 0 Å². The second kappa shape index (κ2) is 5.50. The van der Waals surface area contributed by atoms with Gasteiger partial charge in [-0.25, -0.2) is 0 Å². The average Bonchev–Trinajstić information content (AvgIpc) is 2.28. The Kier molecular flexibility index (Phi) is 4.30. The van der Waals surface area contributed by atoms with Gasteiger partial charge in [-0.2, -0.15) is 8.78 Å². The summed E-state index contributed by atoms with van der Waals surface area (Å²) in [6.45, 7) is -2.69. The van der Waals surface area contributed by atoms with Crippen molar-refractivity contribution in [3.63, 3.8) is 0 Å². The Hall–Kier alpha value is -1.56. The van der Waals surface area contributed by atoms with Gasteiger partial charge in [0.25, 0.3) is 0 Å². The first-order valence-corrected chi connectivity index (χ1v) is 4.52. The lowest BCUT2D eigenvalue weighted by molar-refractivity contribution is -0.0526. The van der Waals surface area contributed by atoms with Gasteiger partial charge in [0, 0.05) is 6.54 Å². The van der Waals surface area contributed by atoms with Gasteiger partial charge in [-0.3, -0.25) is 0 Å². The monoisotopic (exact) mass is 233 g/mol. The van der Waals surface area contributed by atoms with Gasteiger partial charge >= 0.3 is 6.61 Å². The van der Waals surface area contributed by atoms with Crippen LogP contribution in [0.5, 0.6) is 17.2 Å². The molecule has 0 radical (unpaired) electrons. The molecule has 0 aromatic heterocycles. The summed E-state index contributed by atoms with van der Waals surface area (Å²) in [5.74, 6) is 0.206. The number of ether oxygens (including phenoxy) is 3. The molecule has 0 fully saturated rings. The van der Waals surface area contributed by atoms with Crippen LogP contribution in [-0.4, -0.2) is 20.8 Å². The van der Waals surface area contributed by atoms with Gasteiger partial charge in [0.05, 0.1) is 14.2 Å². The highest BCUT2D eigenvalue weighted by Crippen LogP contribution is 2.39. The van der Waals surface area contributed by atoms with E-state index >= 15 is 0 Å². The van der Waals surface area contributed by atoms with E-state index in [1.54, 1.807) is 0 Å². The maximum Gasteiger partial charge on any atom is 0.387 e. The van der Waals surface area contributed by atoms with Crippen molar-refractivity contribution in [2.24, 2.45) is 5.73 Å². The fourth-order valence-corrected chi connectivity index (χ4v) is 1.26. The third kappa shape index (κ3) is 2.73. The van der Waals surface area contributed by atoms with E-state index in [2.05, 4.69) is 4.74 Å². The maximum absolute atomic E-state index is 12.2. The Morgan fingerprint density at radius 2 is 1.69 bits per heavy atom. The summed E-state index contributed by atoms with van der Waals surface area (Å²) >= 11 is 0. The summed E-state index contributed by atoms with van der Waals surface area (Å²) in [7, 11) is 2.71. The summed E-state index contributed by atoms with van der Waals surface area (Å²) in [6, 6.07) is 3.06. The lowest BCUT2D eigenvalue weighted by atomic mass is 10.2. The molecule has 1 aromatic rings. The molecule has 0 aliphatic carbocycles. The molecule has 16 heavy (non-hydrogen) atoms. The van der Waals surface area contributed by atoms with Crippen LogP contribution in [0.25, 0.3) is 0 Å². The number of halogens is 2. The highest BCUT2D eigenvalue weighted by molar-refractivity contribution is 5.53. The van der Waals surface area contributed by atoms with E-state index in [0.29, 0.717) is 5.56 Å². The van der Waals surface area contributed by atoms with Crippen LogP contribution in [0.15, 0.2) is 12.1 Å². The van der Waals surface area contributed by atoms with Gasteiger partial charge in [-0.05, 0) is 17.7 Å². The van der Waals surface area contributed by atoms with Crippen LogP contribution in [0, 0.1) is 0 Å². The molecule has 0 saturated heterocycles. The van der Waals surface area contributed by atoms with Gasteiger partial charge in [-0.1, -0.05) is 0 Å². The third-order valence-corrected chi connectivity index (χ3v) is 1.96. The number of methoxy groups -OCH3 is 2. The normalized spacial score (nSPS) is 10.4. The number of hydrogen-bond donors (Lipinski definition) is 1. The van der Waals surface area contributed by atoms with Crippen molar-refractivity contribution in [1.82, 2.24) is 0 Å². The minimum Gasteiger partial charge on any atom is -0.493 e. The number of benzene rings is 1. The topological polar surface area (TPSA) is 53.7 Å². The third-order valence-electron chi connectivity index (χ3n) is 1.96. The number of nitrogens with two attached hydrogens (primary N) is 1. The van der Waals surface area contributed by atoms with E-state index in [0.717, 1.165) is 0 Å². The molecule has 0 spiro atoms. The predicted molar refractivity (Wildman–Crippen MR) is 54.1 cm³/mol. The fraction of sp³-hybridized carbons (Fsp3) is 0.400. The average molecular weight is 233 g/mol. The van der Waals surface area contributed by atoms with Gasteiger partial charge in [0.15, 0.2) is 11.5 Å². The van der Waals surface area contributed by atoms with E-state index in [9.17, 15) is 8.78 Å².